The fourth-order valence-electron chi connectivity index (χ4n) is 4.28. The van der Waals surface area contributed by atoms with Crippen LogP contribution in [0.5, 0.6) is 0 Å². The molecule has 1 aliphatic heterocycles. The summed E-state index contributed by atoms with van der Waals surface area (Å²) in [7, 11) is 0. The molecule has 2 fully saturated rings. The summed E-state index contributed by atoms with van der Waals surface area (Å²) in [5.74, 6) is 0.252. The van der Waals surface area contributed by atoms with Gasteiger partial charge in [0.1, 0.15) is 0 Å². The molecule has 0 unspecified atom stereocenters. The van der Waals surface area contributed by atoms with Crippen LogP contribution < -0.4 is 10.2 Å². The standard InChI is InChI=1S/C22H24N2O2/c25-20-9-6-16-24(20)19-12-10-18(11-13-19)23-21(26)22(14-4-5-15-22)17-7-2-1-3-8-17/h1-3,7-8,10-13H,4-6,9,14-16H2,(H,23,26). The van der Waals surface area contributed by atoms with Crippen molar-refractivity contribution in [3.63, 3.8) is 0 Å². The molecule has 0 aromatic heterocycles. The van der Waals surface area contributed by atoms with Gasteiger partial charge in [0.2, 0.25) is 11.8 Å². The van der Waals surface area contributed by atoms with E-state index in [4.69, 9.17) is 0 Å². The van der Waals surface area contributed by atoms with Crippen LogP contribution >= 0.6 is 0 Å². The Labute approximate surface area is 154 Å². The van der Waals surface area contributed by atoms with Crippen LogP contribution in [0.4, 0.5) is 11.4 Å². The summed E-state index contributed by atoms with van der Waals surface area (Å²) >= 11 is 0. The molecule has 2 aromatic rings. The van der Waals surface area contributed by atoms with Crippen LogP contribution in [0.2, 0.25) is 0 Å². The molecule has 1 N–H and O–H groups in total. The second-order valence-electron chi connectivity index (χ2n) is 7.31. The third-order valence-corrected chi connectivity index (χ3v) is 5.73. The van der Waals surface area contributed by atoms with Crippen LogP contribution in [0.3, 0.4) is 0 Å². The maximum atomic E-state index is 13.2. The average molecular weight is 348 g/mol. The molecule has 2 aliphatic rings. The number of nitrogens with one attached hydrogen (secondary N) is 1. The molecule has 4 nitrogen and oxygen atoms in total. The molecular formula is C22H24N2O2. The zero-order valence-corrected chi connectivity index (χ0v) is 14.9. The minimum atomic E-state index is -0.426. The van der Waals surface area contributed by atoms with Crippen molar-refractivity contribution in [3.05, 3.63) is 60.2 Å². The van der Waals surface area contributed by atoms with Gasteiger partial charge in [-0.25, -0.2) is 0 Å². The Bertz CT molecular complexity index is 793. The van der Waals surface area contributed by atoms with E-state index in [1.165, 1.54) is 0 Å². The van der Waals surface area contributed by atoms with Crippen LogP contribution in [0.15, 0.2) is 54.6 Å². The number of rotatable bonds is 4. The maximum Gasteiger partial charge on any atom is 0.235 e. The van der Waals surface area contributed by atoms with Crippen LogP contribution in [0.25, 0.3) is 0 Å². The minimum Gasteiger partial charge on any atom is -0.325 e. The largest absolute Gasteiger partial charge is 0.325 e. The van der Waals surface area contributed by atoms with E-state index in [0.717, 1.165) is 55.6 Å². The minimum absolute atomic E-state index is 0.0752. The van der Waals surface area contributed by atoms with Gasteiger partial charge in [0.15, 0.2) is 0 Å². The van der Waals surface area contributed by atoms with Crippen molar-refractivity contribution in [3.8, 4) is 0 Å². The molecule has 2 amide bonds. The van der Waals surface area contributed by atoms with Gasteiger partial charge in [0.25, 0.3) is 0 Å². The van der Waals surface area contributed by atoms with Gasteiger partial charge in [-0.05, 0) is 49.1 Å². The molecular weight excluding hydrogens is 324 g/mol. The molecule has 0 radical (unpaired) electrons. The number of hydrogen-bond donors (Lipinski definition) is 1. The monoisotopic (exact) mass is 348 g/mol. The Morgan fingerprint density at radius 3 is 2.23 bits per heavy atom. The topological polar surface area (TPSA) is 49.4 Å². The number of hydrogen-bond acceptors (Lipinski definition) is 2. The van der Waals surface area contributed by atoms with E-state index >= 15 is 0 Å². The number of nitrogens with zero attached hydrogens (tertiary/aromatic N) is 1. The first-order chi connectivity index (χ1) is 12.7. The summed E-state index contributed by atoms with van der Waals surface area (Å²) < 4.78 is 0. The lowest BCUT2D eigenvalue weighted by Gasteiger charge is -2.28. The average Bonchev–Trinajstić information content (AvgIpc) is 3.33. The van der Waals surface area contributed by atoms with E-state index < -0.39 is 5.41 Å². The van der Waals surface area contributed by atoms with E-state index in [1.807, 2.05) is 47.4 Å². The second-order valence-corrected chi connectivity index (χ2v) is 7.31. The molecule has 1 heterocycles. The fraction of sp³-hybridized carbons (Fsp3) is 0.364. The van der Waals surface area contributed by atoms with Crippen molar-refractivity contribution >= 4 is 23.2 Å². The Morgan fingerprint density at radius 1 is 0.923 bits per heavy atom. The number of anilines is 2. The Hall–Kier alpha value is -2.62. The van der Waals surface area contributed by atoms with Crippen molar-refractivity contribution in [2.24, 2.45) is 0 Å². The number of carbonyl (C=O) groups excluding carboxylic acids is 2. The van der Waals surface area contributed by atoms with Crippen molar-refractivity contribution < 1.29 is 9.59 Å². The highest BCUT2D eigenvalue weighted by atomic mass is 16.2. The van der Waals surface area contributed by atoms with Gasteiger partial charge in [-0.15, -0.1) is 0 Å². The van der Waals surface area contributed by atoms with Gasteiger partial charge in [0.05, 0.1) is 5.41 Å². The van der Waals surface area contributed by atoms with Crippen LogP contribution in [-0.2, 0) is 15.0 Å². The number of amides is 2. The smallest absolute Gasteiger partial charge is 0.235 e. The van der Waals surface area contributed by atoms with E-state index in [9.17, 15) is 9.59 Å². The lowest BCUT2D eigenvalue weighted by atomic mass is 9.78. The van der Waals surface area contributed by atoms with Crippen molar-refractivity contribution in [1.82, 2.24) is 0 Å². The van der Waals surface area contributed by atoms with Gasteiger partial charge in [0, 0.05) is 24.3 Å². The first kappa shape index (κ1) is 16.8. The summed E-state index contributed by atoms with van der Waals surface area (Å²) in [5, 5.41) is 3.11. The lowest BCUT2D eigenvalue weighted by molar-refractivity contribution is -0.121. The molecule has 1 aliphatic carbocycles. The highest BCUT2D eigenvalue weighted by molar-refractivity contribution is 6.00. The summed E-state index contributed by atoms with van der Waals surface area (Å²) in [6.45, 7) is 0.779. The molecule has 2 aromatic carbocycles. The lowest BCUT2D eigenvalue weighted by Crippen LogP contribution is -2.37. The van der Waals surface area contributed by atoms with Gasteiger partial charge in [-0.2, -0.15) is 0 Å². The van der Waals surface area contributed by atoms with Crippen LogP contribution in [0, 0.1) is 0 Å². The number of benzene rings is 2. The SMILES string of the molecule is O=C1CCCN1c1ccc(NC(=O)C2(c3ccccc3)CCCC2)cc1. The molecule has 0 bridgehead atoms. The second kappa shape index (κ2) is 6.94. The third kappa shape index (κ3) is 3.00. The number of carbonyl (C=O) groups is 2. The van der Waals surface area contributed by atoms with Crippen molar-refractivity contribution in [2.45, 2.75) is 43.9 Å². The molecule has 1 saturated heterocycles. The quantitative estimate of drug-likeness (QED) is 0.897. The van der Waals surface area contributed by atoms with E-state index in [-0.39, 0.29) is 11.8 Å². The summed E-state index contributed by atoms with van der Waals surface area (Å²) in [5.41, 5.74) is 2.37. The van der Waals surface area contributed by atoms with Gasteiger partial charge in [-0.3, -0.25) is 9.59 Å². The zero-order valence-electron chi connectivity index (χ0n) is 14.9. The summed E-state index contributed by atoms with van der Waals surface area (Å²) in [4.78, 5) is 26.8. The normalized spacial score (nSPS) is 18.9. The first-order valence-corrected chi connectivity index (χ1v) is 9.46. The maximum absolute atomic E-state index is 13.2. The predicted molar refractivity (Wildman–Crippen MR) is 103 cm³/mol. The summed E-state index contributed by atoms with van der Waals surface area (Å²) in [6, 6.07) is 17.8. The zero-order chi connectivity index (χ0) is 18.0. The molecule has 134 valence electrons. The Balaban J connectivity index is 1.52. The molecule has 4 rings (SSSR count). The van der Waals surface area contributed by atoms with E-state index in [0.29, 0.717) is 6.42 Å². The first-order valence-electron chi connectivity index (χ1n) is 9.46. The van der Waals surface area contributed by atoms with Crippen molar-refractivity contribution in [1.29, 1.82) is 0 Å². The molecule has 0 spiro atoms. The van der Waals surface area contributed by atoms with E-state index in [1.54, 1.807) is 0 Å². The van der Waals surface area contributed by atoms with E-state index in [2.05, 4.69) is 17.4 Å². The fourth-order valence-corrected chi connectivity index (χ4v) is 4.28. The molecule has 0 atom stereocenters. The molecule has 4 heteroatoms. The molecule has 1 saturated carbocycles. The van der Waals surface area contributed by atoms with Crippen molar-refractivity contribution in [2.75, 3.05) is 16.8 Å². The Morgan fingerprint density at radius 2 is 1.62 bits per heavy atom. The van der Waals surface area contributed by atoms with Gasteiger partial charge >= 0.3 is 0 Å². The highest BCUT2D eigenvalue weighted by Gasteiger charge is 2.42. The summed E-state index contributed by atoms with van der Waals surface area (Å²) in [6.07, 6.45) is 5.48. The van der Waals surface area contributed by atoms with Crippen LogP contribution in [0.1, 0.15) is 44.1 Å². The Kier molecular flexibility index (Phi) is 4.49. The van der Waals surface area contributed by atoms with Crippen LogP contribution in [-0.4, -0.2) is 18.4 Å². The highest BCUT2D eigenvalue weighted by Crippen LogP contribution is 2.42. The molecule has 26 heavy (non-hydrogen) atoms. The van der Waals surface area contributed by atoms with Gasteiger partial charge < -0.3 is 10.2 Å². The predicted octanol–water partition coefficient (Wildman–Crippen LogP) is 4.26. The third-order valence-electron chi connectivity index (χ3n) is 5.73. The van der Waals surface area contributed by atoms with Gasteiger partial charge in [-0.1, -0.05) is 43.2 Å².